The van der Waals surface area contributed by atoms with Gasteiger partial charge in [-0.2, -0.15) is 0 Å². The van der Waals surface area contributed by atoms with Crippen LogP contribution < -0.4 is 11.2 Å². The quantitative estimate of drug-likeness (QED) is 0.299. The van der Waals surface area contributed by atoms with Gasteiger partial charge in [0, 0.05) is 51.4 Å². The van der Waals surface area contributed by atoms with Crippen molar-refractivity contribution in [2.24, 2.45) is 0 Å². The third kappa shape index (κ3) is 3.62. The third-order valence-corrected chi connectivity index (χ3v) is 1.31. The molecule has 83 valence electrons. The van der Waals surface area contributed by atoms with Crippen LogP contribution in [0.1, 0.15) is 10.5 Å². The van der Waals surface area contributed by atoms with Gasteiger partial charge in [0.05, 0.1) is 4.92 Å². The van der Waals surface area contributed by atoms with Gasteiger partial charge in [-0.25, -0.2) is 9.59 Å². The number of aromatic amines is 2. The van der Waals surface area contributed by atoms with Gasteiger partial charge >= 0.3 is 22.9 Å². The van der Waals surface area contributed by atoms with Gasteiger partial charge in [-0.3, -0.25) is 24.9 Å². The zero-order valence-electron chi connectivity index (χ0n) is 7.94. The van der Waals surface area contributed by atoms with Gasteiger partial charge in [-0.05, 0) is 0 Å². The van der Waals surface area contributed by atoms with Crippen LogP contribution in [0, 0.1) is 10.1 Å². The van der Waals surface area contributed by atoms with Crippen molar-refractivity contribution in [2.45, 2.75) is 0 Å². The number of aromatic carboxylic acids is 1. The summed E-state index contributed by atoms with van der Waals surface area (Å²) in [7, 11) is 0. The Balaban J connectivity index is 0. The fourth-order valence-electron chi connectivity index (χ4n) is 0.809. The van der Waals surface area contributed by atoms with E-state index in [1.165, 1.54) is 0 Å². The predicted octanol–water partition coefficient (Wildman–Crippen LogP) is -2.54. The number of carbonyl (C=O) groups is 1. The minimum Gasteiger partial charge on any atom is -0.476 e. The molecule has 0 bridgehead atoms. The van der Waals surface area contributed by atoms with Crippen molar-refractivity contribution in [3.8, 4) is 0 Å². The van der Waals surface area contributed by atoms with E-state index in [0.717, 1.165) is 0 Å². The standard InChI is InChI=1S/C5H3N3O6.K.H2O/c9-3-2(8(13)14)1(4(10)11)6-5(12)7-3;;/h(H,10,11)(H2,6,7,9,12);;1H2. The van der Waals surface area contributed by atoms with Crippen molar-refractivity contribution in [1.82, 2.24) is 9.97 Å². The number of carboxylic acid groups (broad SMARTS) is 1. The Morgan fingerprint density at radius 1 is 1.31 bits per heavy atom. The molecule has 0 spiro atoms. The second-order valence-corrected chi connectivity index (χ2v) is 2.19. The normalized spacial score (nSPS) is 8.50. The Kier molecular flexibility index (Phi) is 7.31. The van der Waals surface area contributed by atoms with E-state index in [4.69, 9.17) is 5.11 Å². The molecule has 11 heteroatoms. The van der Waals surface area contributed by atoms with Crippen LogP contribution in [-0.2, 0) is 0 Å². The van der Waals surface area contributed by atoms with Crippen LogP contribution in [0.4, 0.5) is 5.69 Å². The van der Waals surface area contributed by atoms with Crippen LogP contribution in [0.5, 0.6) is 0 Å². The van der Waals surface area contributed by atoms with Crippen LogP contribution in [0.2, 0.25) is 0 Å². The van der Waals surface area contributed by atoms with Gasteiger partial charge in [0.25, 0.3) is 0 Å². The summed E-state index contributed by atoms with van der Waals surface area (Å²) in [6, 6.07) is 0. The second-order valence-electron chi connectivity index (χ2n) is 2.19. The fraction of sp³-hybridized carbons (Fsp3) is 0. The monoisotopic (exact) mass is 258 g/mol. The number of hydrogen-bond donors (Lipinski definition) is 3. The molecule has 1 aromatic rings. The maximum Gasteiger partial charge on any atom is 0.364 e. The smallest absolute Gasteiger partial charge is 0.364 e. The summed E-state index contributed by atoms with van der Waals surface area (Å²) in [5, 5.41) is 18.7. The molecule has 1 rings (SSSR count). The summed E-state index contributed by atoms with van der Waals surface area (Å²) >= 11 is 0. The van der Waals surface area contributed by atoms with E-state index >= 15 is 0 Å². The van der Waals surface area contributed by atoms with Crippen molar-refractivity contribution in [3.05, 3.63) is 36.6 Å². The first-order valence-corrected chi connectivity index (χ1v) is 3.17. The van der Waals surface area contributed by atoms with Crippen molar-refractivity contribution in [1.29, 1.82) is 0 Å². The molecule has 0 aliphatic rings. The molecule has 0 aliphatic carbocycles. The molecule has 0 aromatic carbocycles. The number of nitrogens with zero attached hydrogens (tertiary/aromatic N) is 1. The molecule has 16 heavy (non-hydrogen) atoms. The summed E-state index contributed by atoms with van der Waals surface area (Å²) in [6.07, 6.45) is 0. The zero-order chi connectivity index (χ0) is 10.9. The number of nitrogens with one attached hydrogen (secondary N) is 2. The first-order valence-electron chi connectivity index (χ1n) is 3.17. The Morgan fingerprint density at radius 3 is 2.19 bits per heavy atom. The summed E-state index contributed by atoms with van der Waals surface area (Å²) in [5.74, 6) is -1.75. The molecule has 0 saturated heterocycles. The maximum absolute atomic E-state index is 10.8. The Bertz CT molecular complexity index is 517. The third-order valence-electron chi connectivity index (χ3n) is 1.31. The van der Waals surface area contributed by atoms with Gasteiger partial charge in [0.15, 0.2) is 0 Å². The van der Waals surface area contributed by atoms with E-state index in [2.05, 4.69) is 0 Å². The SMILES string of the molecule is O.O=C(O)c1[nH]c(=O)[nH]c(=O)c1[N+](=O)[O-].[K]. The minimum atomic E-state index is -1.75. The molecular formula is C5H5KN3O7. The Morgan fingerprint density at radius 2 is 1.81 bits per heavy atom. The van der Waals surface area contributed by atoms with E-state index in [0.29, 0.717) is 0 Å². The van der Waals surface area contributed by atoms with Crippen molar-refractivity contribution >= 4 is 63.0 Å². The zero-order valence-corrected chi connectivity index (χ0v) is 11.1. The molecule has 1 radical (unpaired) electrons. The van der Waals surface area contributed by atoms with Gasteiger partial charge < -0.3 is 10.6 Å². The van der Waals surface area contributed by atoms with Crippen molar-refractivity contribution in [2.75, 3.05) is 0 Å². The Hall–Kier alpha value is -0.854. The first kappa shape index (κ1) is 17.5. The van der Waals surface area contributed by atoms with Crippen LogP contribution in [-0.4, -0.2) is 82.8 Å². The number of nitro groups is 1. The molecular weight excluding hydrogens is 253 g/mol. The van der Waals surface area contributed by atoms with Gasteiger partial charge in [-0.15, -0.1) is 0 Å². The summed E-state index contributed by atoms with van der Waals surface area (Å²) in [5.41, 5.74) is -4.70. The maximum atomic E-state index is 10.8. The number of carboxylic acids is 1. The molecule has 0 fully saturated rings. The molecule has 0 unspecified atom stereocenters. The molecule has 0 atom stereocenters. The summed E-state index contributed by atoms with van der Waals surface area (Å²) in [6.45, 7) is 0. The van der Waals surface area contributed by atoms with Gasteiger partial charge in [0.1, 0.15) is 0 Å². The largest absolute Gasteiger partial charge is 0.476 e. The van der Waals surface area contributed by atoms with Crippen molar-refractivity contribution in [3.63, 3.8) is 0 Å². The topological polar surface area (TPSA) is 178 Å². The van der Waals surface area contributed by atoms with E-state index < -0.39 is 33.5 Å². The molecule has 0 amide bonds. The van der Waals surface area contributed by atoms with Crippen LogP contribution in [0.3, 0.4) is 0 Å². The molecule has 0 saturated carbocycles. The molecule has 1 heterocycles. The molecule has 5 N–H and O–H groups in total. The molecule has 10 nitrogen and oxygen atoms in total. The summed E-state index contributed by atoms with van der Waals surface area (Å²) < 4.78 is 0. The number of rotatable bonds is 2. The van der Waals surface area contributed by atoms with E-state index in [-0.39, 0.29) is 56.9 Å². The van der Waals surface area contributed by atoms with E-state index in [1.807, 2.05) is 0 Å². The first-order chi connectivity index (χ1) is 6.43. The number of aromatic nitrogens is 2. The van der Waals surface area contributed by atoms with Crippen LogP contribution in [0.15, 0.2) is 9.59 Å². The minimum absolute atomic E-state index is 0. The van der Waals surface area contributed by atoms with E-state index in [9.17, 15) is 24.5 Å². The van der Waals surface area contributed by atoms with Crippen LogP contribution >= 0.6 is 0 Å². The second kappa shape index (κ2) is 6.67. The Labute approximate surface area is 129 Å². The molecule has 0 aliphatic heterocycles. The summed E-state index contributed by atoms with van der Waals surface area (Å²) in [4.78, 5) is 44.1. The van der Waals surface area contributed by atoms with E-state index in [1.54, 1.807) is 9.97 Å². The van der Waals surface area contributed by atoms with Gasteiger partial charge in [0.2, 0.25) is 5.69 Å². The van der Waals surface area contributed by atoms with Crippen LogP contribution in [0.25, 0.3) is 0 Å². The number of H-pyrrole nitrogens is 2. The fourth-order valence-corrected chi connectivity index (χ4v) is 0.809. The predicted molar refractivity (Wildman–Crippen MR) is 50.7 cm³/mol. The number of hydrogen-bond acceptors (Lipinski definition) is 5. The average Bonchev–Trinajstić information content (AvgIpc) is 2.01. The van der Waals surface area contributed by atoms with Gasteiger partial charge in [-0.1, -0.05) is 0 Å². The average molecular weight is 258 g/mol. The molecule has 1 aromatic heterocycles. The van der Waals surface area contributed by atoms with Crippen molar-refractivity contribution < 1.29 is 20.3 Å².